The zero-order valence-corrected chi connectivity index (χ0v) is 19.5. The summed E-state index contributed by atoms with van der Waals surface area (Å²) < 4.78 is 21.4. The number of urea groups is 1. The number of nitrogens with zero attached hydrogens (tertiary/aromatic N) is 1. The summed E-state index contributed by atoms with van der Waals surface area (Å²) in [4.78, 5) is 16.1. The number of carbonyl (C=O) groups excluding carboxylic acids is 1. The van der Waals surface area contributed by atoms with Crippen molar-refractivity contribution >= 4 is 23.1 Å². The van der Waals surface area contributed by atoms with Crippen LogP contribution < -0.4 is 24.3 Å². The lowest BCUT2D eigenvalue weighted by molar-refractivity contribution is 0.210. The molecular formula is C24H28N2O5S. The maximum absolute atomic E-state index is 13.2. The molecule has 170 valence electrons. The first-order chi connectivity index (χ1) is 15.6. The highest BCUT2D eigenvalue weighted by Crippen LogP contribution is 2.30. The number of rotatable bonds is 10. The predicted molar refractivity (Wildman–Crippen MR) is 127 cm³/mol. The van der Waals surface area contributed by atoms with Crippen LogP contribution in [0, 0.1) is 0 Å². The standard InChI is InChI=1S/C24H28N2O5S/c1-28-18-8-9-20(22(15-18)30-3)25-24(27)26(16-19-6-5-13-32-19)12-11-17-7-10-21(29-2)23(14-17)31-4/h5-10,13-15H,11-12,16H2,1-4H3,(H,25,27). The Kier molecular flexibility index (Phi) is 8.21. The van der Waals surface area contributed by atoms with Gasteiger partial charge in [0.2, 0.25) is 0 Å². The number of nitrogens with one attached hydrogen (secondary N) is 1. The average Bonchev–Trinajstić information content (AvgIpc) is 3.34. The maximum Gasteiger partial charge on any atom is 0.322 e. The summed E-state index contributed by atoms with van der Waals surface area (Å²) in [5, 5.41) is 4.97. The van der Waals surface area contributed by atoms with Gasteiger partial charge in [0.25, 0.3) is 0 Å². The first kappa shape index (κ1) is 23.3. The van der Waals surface area contributed by atoms with Crippen LogP contribution in [0.5, 0.6) is 23.0 Å². The molecule has 0 bridgehead atoms. The Morgan fingerprint density at radius 1 is 0.906 bits per heavy atom. The van der Waals surface area contributed by atoms with Crippen molar-refractivity contribution in [2.24, 2.45) is 0 Å². The lowest BCUT2D eigenvalue weighted by Gasteiger charge is -2.23. The van der Waals surface area contributed by atoms with Crippen LogP contribution in [0.15, 0.2) is 53.9 Å². The van der Waals surface area contributed by atoms with E-state index in [4.69, 9.17) is 18.9 Å². The van der Waals surface area contributed by atoms with Gasteiger partial charge in [0.15, 0.2) is 11.5 Å². The van der Waals surface area contributed by atoms with E-state index in [9.17, 15) is 4.79 Å². The van der Waals surface area contributed by atoms with E-state index >= 15 is 0 Å². The molecule has 8 heteroatoms. The Hall–Kier alpha value is -3.39. The summed E-state index contributed by atoms with van der Waals surface area (Å²) >= 11 is 1.62. The molecule has 0 radical (unpaired) electrons. The van der Waals surface area contributed by atoms with Crippen LogP contribution in [-0.4, -0.2) is 45.9 Å². The highest BCUT2D eigenvalue weighted by Gasteiger charge is 2.17. The highest BCUT2D eigenvalue weighted by molar-refractivity contribution is 7.09. The van der Waals surface area contributed by atoms with Gasteiger partial charge in [-0.15, -0.1) is 11.3 Å². The molecule has 1 heterocycles. The van der Waals surface area contributed by atoms with Gasteiger partial charge >= 0.3 is 6.03 Å². The molecule has 0 atom stereocenters. The van der Waals surface area contributed by atoms with E-state index in [1.54, 1.807) is 62.9 Å². The fourth-order valence-electron chi connectivity index (χ4n) is 3.24. The number of thiophene rings is 1. The van der Waals surface area contributed by atoms with Gasteiger partial charge in [-0.1, -0.05) is 12.1 Å². The summed E-state index contributed by atoms with van der Waals surface area (Å²) in [6.07, 6.45) is 0.666. The highest BCUT2D eigenvalue weighted by atomic mass is 32.1. The molecule has 0 aliphatic carbocycles. The third kappa shape index (κ3) is 5.85. The summed E-state index contributed by atoms with van der Waals surface area (Å²) in [7, 11) is 6.37. The molecule has 0 fully saturated rings. The van der Waals surface area contributed by atoms with Gasteiger partial charge in [0, 0.05) is 17.5 Å². The smallest absolute Gasteiger partial charge is 0.322 e. The van der Waals surface area contributed by atoms with Gasteiger partial charge in [-0.2, -0.15) is 0 Å². The average molecular weight is 457 g/mol. The summed E-state index contributed by atoms with van der Waals surface area (Å²) in [5.74, 6) is 2.54. The molecule has 32 heavy (non-hydrogen) atoms. The van der Waals surface area contributed by atoms with Crippen molar-refractivity contribution in [2.45, 2.75) is 13.0 Å². The lowest BCUT2D eigenvalue weighted by atomic mass is 10.1. The van der Waals surface area contributed by atoms with Gasteiger partial charge in [-0.05, 0) is 47.7 Å². The van der Waals surface area contributed by atoms with Gasteiger partial charge in [-0.3, -0.25) is 0 Å². The number of anilines is 1. The lowest BCUT2D eigenvalue weighted by Crippen LogP contribution is -2.36. The minimum atomic E-state index is -0.206. The number of carbonyl (C=O) groups is 1. The first-order valence-electron chi connectivity index (χ1n) is 10.1. The number of amides is 2. The van der Waals surface area contributed by atoms with E-state index in [0.717, 1.165) is 10.4 Å². The fourth-order valence-corrected chi connectivity index (χ4v) is 3.96. The number of ether oxygens (including phenoxy) is 4. The number of hydrogen-bond donors (Lipinski definition) is 1. The molecule has 1 N–H and O–H groups in total. The van der Waals surface area contributed by atoms with Crippen LogP contribution >= 0.6 is 11.3 Å². The molecule has 0 unspecified atom stereocenters. The minimum absolute atomic E-state index is 0.206. The van der Waals surface area contributed by atoms with E-state index in [1.807, 2.05) is 35.7 Å². The van der Waals surface area contributed by atoms with Crippen molar-refractivity contribution in [3.63, 3.8) is 0 Å². The summed E-state index contributed by atoms with van der Waals surface area (Å²) in [6, 6.07) is 14.9. The second kappa shape index (κ2) is 11.3. The van der Waals surface area contributed by atoms with Crippen molar-refractivity contribution in [2.75, 3.05) is 40.3 Å². The Labute approximate surface area is 192 Å². The van der Waals surface area contributed by atoms with Crippen LogP contribution in [-0.2, 0) is 13.0 Å². The van der Waals surface area contributed by atoms with E-state index in [0.29, 0.717) is 48.2 Å². The van der Waals surface area contributed by atoms with Crippen LogP contribution in [0.25, 0.3) is 0 Å². The Bertz CT molecular complexity index is 1020. The van der Waals surface area contributed by atoms with Gasteiger partial charge < -0.3 is 29.2 Å². The number of hydrogen-bond acceptors (Lipinski definition) is 6. The van der Waals surface area contributed by atoms with E-state index in [2.05, 4.69) is 5.32 Å². The second-order valence-electron chi connectivity index (χ2n) is 6.94. The molecule has 2 amide bonds. The van der Waals surface area contributed by atoms with E-state index < -0.39 is 0 Å². The quantitative estimate of drug-likeness (QED) is 0.462. The molecule has 7 nitrogen and oxygen atoms in total. The van der Waals surface area contributed by atoms with Crippen LogP contribution in [0.2, 0.25) is 0 Å². The molecule has 0 saturated carbocycles. The molecule has 1 aromatic heterocycles. The van der Waals surface area contributed by atoms with Crippen molar-refractivity contribution in [3.05, 3.63) is 64.4 Å². The SMILES string of the molecule is COc1ccc(NC(=O)N(CCc2ccc(OC)c(OC)c2)Cc2cccs2)c(OC)c1. The normalized spacial score (nSPS) is 10.4. The van der Waals surface area contributed by atoms with E-state index in [-0.39, 0.29) is 6.03 Å². The van der Waals surface area contributed by atoms with Gasteiger partial charge in [-0.25, -0.2) is 4.79 Å². The van der Waals surface area contributed by atoms with Crippen molar-refractivity contribution in [1.82, 2.24) is 4.90 Å². The summed E-state index contributed by atoms with van der Waals surface area (Å²) in [6.45, 7) is 1.03. The zero-order chi connectivity index (χ0) is 22.9. The summed E-state index contributed by atoms with van der Waals surface area (Å²) in [5.41, 5.74) is 1.63. The van der Waals surface area contributed by atoms with Crippen molar-refractivity contribution < 1.29 is 23.7 Å². The Balaban J connectivity index is 1.76. The van der Waals surface area contributed by atoms with Crippen LogP contribution in [0.4, 0.5) is 10.5 Å². The van der Waals surface area contributed by atoms with Crippen LogP contribution in [0.3, 0.4) is 0 Å². The molecular weight excluding hydrogens is 428 g/mol. The Morgan fingerprint density at radius 2 is 1.69 bits per heavy atom. The number of methoxy groups -OCH3 is 4. The Morgan fingerprint density at radius 3 is 2.34 bits per heavy atom. The molecule has 3 aromatic rings. The molecule has 0 aliphatic heterocycles. The van der Waals surface area contributed by atoms with Crippen molar-refractivity contribution in [3.8, 4) is 23.0 Å². The minimum Gasteiger partial charge on any atom is -0.497 e. The fraction of sp³-hybridized carbons (Fsp3) is 0.292. The largest absolute Gasteiger partial charge is 0.497 e. The molecule has 0 aliphatic rings. The molecule has 0 saturated heterocycles. The van der Waals surface area contributed by atoms with Gasteiger partial charge in [0.05, 0.1) is 40.7 Å². The third-order valence-corrected chi connectivity index (χ3v) is 5.84. The molecule has 2 aromatic carbocycles. The second-order valence-corrected chi connectivity index (χ2v) is 7.97. The van der Waals surface area contributed by atoms with Gasteiger partial charge in [0.1, 0.15) is 11.5 Å². The van der Waals surface area contributed by atoms with Crippen LogP contribution in [0.1, 0.15) is 10.4 Å². The monoisotopic (exact) mass is 456 g/mol. The molecule has 3 rings (SSSR count). The third-order valence-electron chi connectivity index (χ3n) is 4.98. The topological polar surface area (TPSA) is 69.3 Å². The predicted octanol–water partition coefficient (Wildman–Crippen LogP) is 5.06. The maximum atomic E-state index is 13.2. The first-order valence-corrected chi connectivity index (χ1v) is 11.0. The number of benzene rings is 2. The van der Waals surface area contributed by atoms with Crippen molar-refractivity contribution in [1.29, 1.82) is 0 Å². The molecule has 0 spiro atoms. The zero-order valence-electron chi connectivity index (χ0n) is 18.7. The van der Waals surface area contributed by atoms with E-state index in [1.165, 1.54) is 0 Å².